The second-order valence-electron chi connectivity index (χ2n) is 16.2. The van der Waals surface area contributed by atoms with Crippen molar-refractivity contribution in [2.24, 2.45) is 35.5 Å². The summed E-state index contributed by atoms with van der Waals surface area (Å²) in [5.74, 6) is 6.91. The molecule has 3 aromatic carbocycles. The summed E-state index contributed by atoms with van der Waals surface area (Å²) in [5.41, 5.74) is 7.89. The van der Waals surface area contributed by atoms with E-state index in [2.05, 4.69) is 61.4 Å². The van der Waals surface area contributed by atoms with Crippen molar-refractivity contribution in [2.75, 3.05) is 0 Å². The molecule has 3 fully saturated rings. The second kappa shape index (κ2) is 20.5. The minimum absolute atomic E-state index is 0. The summed E-state index contributed by atoms with van der Waals surface area (Å²) in [5, 5.41) is 0. The van der Waals surface area contributed by atoms with Gasteiger partial charge in [0.1, 0.15) is 5.82 Å². The van der Waals surface area contributed by atoms with E-state index >= 15 is 0 Å². The van der Waals surface area contributed by atoms with E-state index in [1.54, 1.807) is 36.5 Å². The molecular weight excluding hydrogens is 777 g/mol. The molecule has 3 aliphatic carbocycles. The van der Waals surface area contributed by atoms with Gasteiger partial charge in [-0.05, 0) is 134 Å². The normalized spacial score (nSPS) is 26.1. The van der Waals surface area contributed by atoms with Gasteiger partial charge in [-0.1, -0.05) is 101 Å². The Morgan fingerprint density at radius 1 is 0.647 bits per heavy atom. The van der Waals surface area contributed by atoms with Crippen LogP contribution in [0.3, 0.4) is 0 Å². The van der Waals surface area contributed by atoms with Crippen LogP contribution in [0.25, 0.3) is 22.5 Å². The minimum Gasteiger partial charge on any atom is -0.323 e. The quantitative estimate of drug-likeness (QED) is 0.181. The maximum absolute atomic E-state index is 13.3. The molecule has 0 aliphatic heterocycles. The molecule has 2 radical (unpaired) electrons. The number of aromatic nitrogens is 2. The van der Waals surface area contributed by atoms with Crippen molar-refractivity contribution in [1.29, 1.82) is 0 Å². The predicted molar refractivity (Wildman–Crippen MR) is 204 cm³/mol. The molecule has 7 rings (SSSR count). The van der Waals surface area contributed by atoms with Crippen LogP contribution >= 0.6 is 0 Å². The molecule has 3 saturated carbocycles. The number of hydrogen-bond acceptors (Lipinski definition) is 2. The van der Waals surface area contributed by atoms with Crippen molar-refractivity contribution < 1.29 is 69.8 Å². The molecule has 51 heavy (non-hydrogen) atoms. The predicted octanol–water partition coefficient (Wildman–Crippen LogP) is 12.8. The van der Waals surface area contributed by atoms with Crippen LogP contribution in [0.5, 0.6) is 0 Å². The second-order valence-corrected chi connectivity index (χ2v) is 16.2. The van der Waals surface area contributed by atoms with Gasteiger partial charge in [0.05, 0.1) is 0 Å². The molecule has 0 spiro atoms. The van der Waals surface area contributed by atoms with Gasteiger partial charge in [0, 0.05) is 83.4 Å². The first-order valence-electron chi connectivity index (χ1n) is 19.3. The molecule has 0 N–H and O–H groups in total. The zero-order valence-electron chi connectivity index (χ0n) is 31.8. The smallest absolute Gasteiger partial charge is 0.159 e. The third-order valence-corrected chi connectivity index (χ3v) is 12.0. The van der Waals surface area contributed by atoms with Crippen LogP contribution < -0.4 is 0 Å². The molecule has 5 heteroatoms. The number of nitrogens with zero attached hydrogens (tertiary/aromatic N) is 2. The van der Waals surface area contributed by atoms with E-state index in [1.165, 1.54) is 76.7 Å². The maximum atomic E-state index is 13.3. The Hall–Kier alpha value is -1.12. The number of benzene rings is 3. The molecule has 2 nitrogen and oxygen atoms in total. The summed E-state index contributed by atoms with van der Waals surface area (Å²) in [4.78, 5) is 8.63. The van der Waals surface area contributed by atoms with Gasteiger partial charge in [0.2, 0.25) is 0 Å². The van der Waals surface area contributed by atoms with Crippen LogP contribution in [0, 0.1) is 61.6 Å². The average Bonchev–Trinajstić information content (AvgIpc) is 3.11. The van der Waals surface area contributed by atoms with Crippen LogP contribution in [0.4, 0.5) is 4.39 Å². The fourth-order valence-electron chi connectivity index (χ4n) is 9.04. The first-order valence-corrected chi connectivity index (χ1v) is 19.3. The van der Waals surface area contributed by atoms with Crippen molar-refractivity contribution in [3.8, 4) is 22.5 Å². The standard InChI is InChI=1S/C28H43.C18H15FN2.2Y/c1-20-4-10-25(11-5-20)26-12-6-23(7-13-26)19-24-8-14-27(15-9-24)28-17-21(2)16-22(3)18-28;1-12-10-20-18(21-11-12)15-5-3-14(4-6-15)16-7-8-17(19)13(2)9-16;;/h8-9,14-16,20-23,25-26,28H,4-7,10-13,17-19H2,1-3H3;3-11H,1-2H3;;/q-1;;;. The number of halogens is 1. The molecule has 2 atom stereocenters. The molecule has 0 amide bonds. The van der Waals surface area contributed by atoms with Gasteiger partial charge in [-0.25, -0.2) is 14.4 Å². The molecule has 2 unspecified atom stereocenters. The van der Waals surface area contributed by atoms with Gasteiger partial charge in [0.15, 0.2) is 5.82 Å². The molecule has 0 saturated heterocycles. The molecule has 266 valence electrons. The summed E-state index contributed by atoms with van der Waals surface area (Å²) in [7, 11) is 0. The third kappa shape index (κ3) is 12.2. The topological polar surface area (TPSA) is 25.8 Å². The van der Waals surface area contributed by atoms with Crippen LogP contribution in [0.2, 0.25) is 0 Å². The molecule has 0 bridgehead atoms. The summed E-state index contributed by atoms with van der Waals surface area (Å²) < 4.78 is 13.3. The Morgan fingerprint density at radius 2 is 1.18 bits per heavy atom. The van der Waals surface area contributed by atoms with Crippen molar-refractivity contribution in [3.63, 3.8) is 0 Å². The number of hydrogen-bond donors (Lipinski definition) is 0. The van der Waals surface area contributed by atoms with Crippen molar-refractivity contribution in [3.05, 3.63) is 114 Å². The zero-order chi connectivity index (χ0) is 34.3. The first kappa shape index (κ1) is 42.6. The van der Waals surface area contributed by atoms with E-state index in [0.29, 0.717) is 11.4 Å². The van der Waals surface area contributed by atoms with E-state index in [-0.39, 0.29) is 71.2 Å². The van der Waals surface area contributed by atoms with Crippen molar-refractivity contribution in [1.82, 2.24) is 9.97 Å². The third-order valence-electron chi connectivity index (χ3n) is 12.0. The molecule has 4 aromatic rings. The van der Waals surface area contributed by atoms with Gasteiger partial charge in [-0.15, -0.1) is 0 Å². The maximum Gasteiger partial charge on any atom is 0.159 e. The van der Waals surface area contributed by atoms with Crippen LogP contribution in [-0.2, 0) is 71.8 Å². The van der Waals surface area contributed by atoms with E-state index in [9.17, 15) is 4.39 Å². The summed E-state index contributed by atoms with van der Waals surface area (Å²) in [6.45, 7) is 11.0. The molecule has 1 aromatic heterocycles. The van der Waals surface area contributed by atoms with Gasteiger partial charge in [-0.3, -0.25) is 0 Å². The summed E-state index contributed by atoms with van der Waals surface area (Å²) >= 11 is 0. The van der Waals surface area contributed by atoms with Crippen LogP contribution in [0.15, 0.2) is 79.1 Å². The summed E-state index contributed by atoms with van der Waals surface area (Å²) in [6.07, 6.45) is 22.2. The Labute approximate surface area is 359 Å². The van der Waals surface area contributed by atoms with E-state index < -0.39 is 0 Å². The van der Waals surface area contributed by atoms with Gasteiger partial charge in [0.25, 0.3) is 0 Å². The SMILES string of the molecule is CC1[CH-]C(C)CC(c2ccc(CC3CCC(C4CCC(C)CC4)CC3)cc2)C1.Cc1cnc(-c2ccc(-c3ccc(F)c(C)c3)cc2)nc1.[Y].[Y]. The number of aryl methyl sites for hydroxylation is 2. The fraction of sp³-hybridized carbons (Fsp3) is 0.500. The monoisotopic (exact) mass is 835 g/mol. The van der Waals surface area contributed by atoms with Gasteiger partial charge in [-0.2, -0.15) is 11.8 Å². The molecule has 3 aliphatic rings. The average molecular weight is 836 g/mol. The van der Waals surface area contributed by atoms with Gasteiger partial charge < -0.3 is 6.42 Å². The van der Waals surface area contributed by atoms with Crippen molar-refractivity contribution >= 4 is 0 Å². The Balaban J connectivity index is 0.000000228. The molecule has 1 heterocycles. The van der Waals surface area contributed by atoms with Crippen molar-refractivity contribution in [2.45, 2.75) is 111 Å². The fourth-order valence-corrected chi connectivity index (χ4v) is 9.04. The van der Waals surface area contributed by atoms with E-state index in [0.717, 1.165) is 63.7 Å². The van der Waals surface area contributed by atoms with Crippen LogP contribution in [-0.4, -0.2) is 9.97 Å². The Morgan fingerprint density at radius 3 is 1.75 bits per heavy atom. The van der Waals surface area contributed by atoms with Crippen LogP contribution in [0.1, 0.15) is 113 Å². The largest absolute Gasteiger partial charge is 0.323 e. The Kier molecular flexibility index (Phi) is 17.2. The minimum atomic E-state index is -0.177. The Bertz CT molecular complexity index is 1600. The van der Waals surface area contributed by atoms with E-state index in [4.69, 9.17) is 0 Å². The number of rotatable bonds is 6. The zero-order valence-corrected chi connectivity index (χ0v) is 37.5. The van der Waals surface area contributed by atoms with Gasteiger partial charge >= 0.3 is 0 Å². The summed E-state index contributed by atoms with van der Waals surface area (Å²) in [6, 6.07) is 23.0. The first-order chi connectivity index (χ1) is 23.7. The van der Waals surface area contributed by atoms with E-state index in [1.807, 2.05) is 37.3 Å². The molecular formula is C46H58FN2Y2-.